The first kappa shape index (κ1) is 31.9. The first-order valence-corrected chi connectivity index (χ1v) is 16.7. The van der Waals surface area contributed by atoms with E-state index in [4.69, 9.17) is 9.84 Å². The molecule has 0 aliphatic carbocycles. The smallest absolute Gasteiger partial charge is 0.341 e. The zero-order valence-electron chi connectivity index (χ0n) is 23.3. The second kappa shape index (κ2) is 13.5. The predicted molar refractivity (Wildman–Crippen MR) is 162 cm³/mol. The Balaban J connectivity index is 1.26. The Morgan fingerprint density at radius 1 is 0.977 bits per heavy atom. The molecule has 3 aromatic rings. The van der Waals surface area contributed by atoms with Gasteiger partial charge in [-0.05, 0) is 79.1 Å². The number of carboxylic acids is 1. The van der Waals surface area contributed by atoms with Gasteiger partial charge in [0, 0.05) is 37.1 Å². The molecule has 15 heteroatoms. The number of phenols is 1. The highest BCUT2D eigenvalue weighted by Crippen LogP contribution is 2.28. The molecular formula is C28H34N4O9S2. The minimum absolute atomic E-state index is 0.00454. The molecule has 4 rings (SSSR count). The molecule has 0 aromatic heterocycles. The Morgan fingerprint density at radius 2 is 1.63 bits per heavy atom. The van der Waals surface area contributed by atoms with Gasteiger partial charge in [-0.2, -0.15) is 0 Å². The summed E-state index contributed by atoms with van der Waals surface area (Å²) in [6.07, 6.45) is 1.69. The topological polar surface area (TPSA) is 195 Å². The molecule has 6 N–H and O–H groups in total. The van der Waals surface area contributed by atoms with E-state index in [-0.39, 0.29) is 34.7 Å². The van der Waals surface area contributed by atoms with Crippen LogP contribution in [0.1, 0.15) is 24.5 Å². The Hall–Kier alpha value is -4.05. The van der Waals surface area contributed by atoms with E-state index in [0.717, 1.165) is 37.9 Å². The number of carboxylic acid groups (broad SMARTS) is 1. The summed E-state index contributed by atoms with van der Waals surface area (Å²) in [6.45, 7) is 1.22. The summed E-state index contributed by atoms with van der Waals surface area (Å²) in [7, 11) is -7.45. The summed E-state index contributed by atoms with van der Waals surface area (Å²) in [6, 6.07) is 16.9. The maximum atomic E-state index is 12.8. The van der Waals surface area contributed by atoms with Crippen LogP contribution in [0.5, 0.6) is 11.5 Å². The van der Waals surface area contributed by atoms with Gasteiger partial charge >= 0.3 is 5.97 Å². The summed E-state index contributed by atoms with van der Waals surface area (Å²) >= 11 is 0. The zero-order valence-corrected chi connectivity index (χ0v) is 24.9. The second-order valence-electron chi connectivity index (χ2n) is 10.1. The Bertz CT molecular complexity index is 1620. The third-order valence-electron chi connectivity index (χ3n) is 6.78. The zero-order chi connectivity index (χ0) is 31.2. The first-order valence-electron chi connectivity index (χ1n) is 13.3. The lowest BCUT2D eigenvalue weighted by atomic mass is 10.0. The summed E-state index contributed by atoms with van der Waals surface area (Å²) < 4.78 is 58.4. The van der Waals surface area contributed by atoms with Gasteiger partial charge in [-0.15, -0.1) is 0 Å². The van der Waals surface area contributed by atoms with Crippen molar-refractivity contribution < 1.29 is 41.7 Å². The number of phenolic OH excluding ortho intramolecular Hbond substituents is 1. The molecule has 43 heavy (non-hydrogen) atoms. The van der Waals surface area contributed by atoms with Crippen molar-refractivity contribution in [3.8, 4) is 11.5 Å². The molecule has 3 aromatic carbocycles. The predicted octanol–water partition coefficient (Wildman–Crippen LogP) is 2.32. The number of piperidine rings is 1. The van der Waals surface area contributed by atoms with Gasteiger partial charge in [-0.25, -0.2) is 21.6 Å². The van der Waals surface area contributed by atoms with Crippen molar-refractivity contribution in [1.29, 1.82) is 0 Å². The van der Waals surface area contributed by atoms with Crippen molar-refractivity contribution >= 4 is 43.1 Å². The van der Waals surface area contributed by atoms with Crippen LogP contribution in [0.15, 0.2) is 71.6 Å². The molecule has 1 aliphatic heterocycles. The number of benzene rings is 3. The lowest BCUT2D eigenvalue weighted by Crippen LogP contribution is -2.43. The molecule has 0 bridgehead atoms. The van der Waals surface area contributed by atoms with Gasteiger partial charge in [-0.1, -0.05) is 6.07 Å². The number of aromatic hydroxyl groups is 1. The van der Waals surface area contributed by atoms with Gasteiger partial charge in [0.05, 0.1) is 22.9 Å². The highest BCUT2D eigenvalue weighted by atomic mass is 32.2. The largest absolute Gasteiger partial charge is 0.506 e. The normalized spacial score (nSPS) is 15.1. The van der Waals surface area contributed by atoms with Gasteiger partial charge in [0.1, 0.15) is 11.5 Å². The van der Waals surface area contributed by atoms with Gasteiger partial charge in [0.2, 0.25) is 10.0 Å². The van der Waals surface area contributed by atoms with E-state index in [1.54, 1.807) is 12.1 Å². The van der Waals surface area contributed by atoms with Crippen LogP contribution in [0, 0.1) is 0 Å². The van der Waals surface area contributed by atoms with Crippen molar-refractivity contribution in [3.63, 3.8) is 0 Å². The van der Waals surface area contributed by atoms with Gasteiger partial charge in [0.15, 0.2) is 6.61 Å². The van der Waals surface area contributed by atoms with Crippen LogP contribution in [0.25, 0.3) is 0 Å². The fourth-order valence-electron chi connectivity index (χ4n) is 4.59. The lowest BCUT2D eigenvalue weighted by Gasteiger charge is -2.34. The number of aliphatic hydroxyl groups excluding tert-OH is 1. The molecule has 1 atom stereocenters. The second-order valence-corrected chi connectivity index (χ2v) is 13.6. The number of hydrogen-bond donors (Lipinski definition) is 6. The number of nitrogens with one attached hydrogen (secondary N) is 3. The summed E-state index contributed by atoms with van der Waals surface area (Å²) in [5, 5.41) is 32.6. The van der Waals surface area contributed by atoms with Crippen LogP contribution < -0.4 is 24.4 Å². The van der Waals surface area contributed by atoms with E-state index in [1.807, 2.05) is 12.1 Å². The van der Waals surface area contributed by atoms with Crippen LogP contribution in [-0.4, -0.2) is 76.7 Å². The summed E-state index contributed by atoms with van der Waals surface area (Å²) in [5.41, 5.74) is 1.80. The quantitative estimate of drug-likeness (QED) is 0.151. The molecule has 1 aliphatic rings. The number of hydrogen-bond acceptors (Lipinski definition) is 10. The van der Waals surface area contributed by atoms with E-state index >= 15 is 0 Å². The van der Waals surface area contributed by atoms with Crippen LogP contribution in [0.4, 0.5) is 17.1 Å². The van der Waals surface area contributed by atoms with E-state index in [2.05, 4.69) is 19.7 Å². The summed E-state index contributed by atoms with van der Waals surface area (Å²) in [4.78, 5) is 12.8. The highest BCUT2D eigenvalue weighted by molar-refractivity contribution is 7.92. The number of nitrogens with zero attached hydrogens (tertiary/aromatic N) is 1. The van der Waals surface area contributed by atoms with Gasteiger partial charge in [-0.3, -0.25) is 9.44 Å². The maximum absolute atomic E-state index is 12.8. The Labute approximate surface area is 250 Å². The molecular weight excluding hydrogens is 600 g/mol. The molecule has 0 amide bonds. The third kappa shape index (κ3) is 9.22. The number of anilines is 3. The molecule has 1 saturated heterocycles. The molecule has 232 valence electrons. The molecule has 1 heterocycles. The number of aliphatic hydroxyl groups is 1. The van der Waals surface area contributed by atoms with E-state index in [0.29, 0.717) is 11.3 Å². The average Bonchev–Trinajstić information content (AvgIpc) is 2.96. The van der Waals surface area contributed by atoms with E-state index in [1.165, 1.54) is 42.5 Å². The van der Waals surface area contributed by atoms with Crippen LogP contribution in [-0.2, 0) is 24.8 Å². The van der Waals surface area contributed by atoms with Crippen molar-refractivity contribution in [1.82, 2.24) is 5.32 Å². The van der Waals surface area contributed by atoms with Crippen molar-refractivity contribution in [2.75, 3.05) is 46.8 Å². The Kier molecular flexibility index (Phi) is 10.0. The summed E-state index contributed by atoms with van der Waals surface area (Å²) in [5.74, 6) is -1.12. The molecule has 13 nitrogen and oxygen atoms in total. The SMILES string of the molecule is CS(=O)(=O)Nc1cc([C@H](O)CNC2CCN(c3ccc(NS(=O)(=O)c4ccc(OCC(=O)O)cc4)cc3)CC2)ccc1O. The lowest BCUT2D eigenvalue weighted by molar-refractivity contribution is -0.139. The Morgan fingerprint density at radius 3 is 2.23 bits per heavy atom. The minimum Gasteiger partial charge on any atom is -0.506 e. The van der Waals surface area contributed by atoms with Crippen molar-refractivity contribution in [3.05, 3.63) is 72.3 Å². The van der Waals surface area contributed by atoms with Crippen LogP contribution in [0.3, 0.4) is 0 Å². The van der Waals surface area contributed by atoms with Crippen molar-refractivity contribution in [2.45, 2.75) is 29.9 Å². The van der Waals surface area contributed by atoms with E-state index < -0.39 is 38.7 Å². The van der Waals surface area contributed by atoms with Crippen LogP contribution in [0.2, 0.25) is 0 Å². The van der Waals surface area contributed by atoms with Gasteiger partial charge < -0.3 is 30.3 Å². The fraction of sp³-hybridized carbons (Fsp3) is 0.321. The van der Waals surface area contributed by atoms with Gasteiger partial charge in [0.25, 0.3) is 10.0 Å². The number of aliphatic carboxylic acids is 1. The monoisotopic (exact) mass is 634 g/mol. The molecule has 0 unspecified atom stereocenters. The third-order valence-corrected chi connectivity index (χ3v) is 8.76. The molecule has 0 saturated carbocycles. The maximum Gasteiger partial charge on any atom is 0.341 e. The minimum atomic E-state index is -3.86. The molecule has 1 fully saturated rings. The standard InChI is InChI=1S/C28H34N4O9S2/c1-42(37,38)31-25-16-19(2-11-26(25)33)27(34)17-29-20-12-14-32(15-13-20)22-5-3-21(4-6-22)30-43(39,40)24-9-7-23(8-10-24)41-18-28(35)36/h2-11,16,20,27,29-31,33-34H,12-15,17-18H2,1H3,(H,35,36)/t27-/m1/s1. The molecule has 0 spiro atoms. The average molecular weight is 635 g/mol. The number of sulfonamides is 2. The van der Waals surface area contributed by atoms with Crippen LogP contribution >= 0.6 is 0 Å². The first-order chi connectivity index (χ1) is 20.3. The number of ether oxygens (including phenoxy) is 1. The molecule has 0 radical (unpaired) electrons. The highest BCUT2D eigenvalue weighted by Gasteiger charge is 2.21. The fourth-order valence-corrected chi connectivity index (χ4v) is 6.22. The van der Waals surface area contributed by atoms with Crippen molar-refractivity contribution in [2.24, 2.45) is 0 Å². The van der Waals surface area contributed by atoms with E-state index in [9.17, 15) is 31.8 Å². The number of carbonyl (C=O) groups is 1. The number of rotatable bonds is 13.